The van der Waals surface area contributed by atoms with E-state index < -0.39 is 0 Å². The van der Waals surface area contributed by atoms with Crippen molar-refractivity contribution in [2.45, 2.75) is 0 Å². The van der Waals surface area contributed by atoms with Crippen LogP contribution in [0.3, 0.4) is 0 Å². The number of anilines is 3. The first kappa shape index (κ1) is 59.2. The van der Waals surface area contributed by atoms with Gasteiger partial charge in [0.15, 0.2) is 5.82 Å². The summed E-state index contributed by atoms with van der Waals surface area (Å²) in [6, 6.07) is 122. The summed E-state index contributed by atoms with van der Waals surface area (Å²) in [5, 5.41) is 16.8. The lowest BCUT2D eigenvalue weighted by Crippen LogP contribution is -2.10. The summed E-state index contributed by atoms with van der Waals surface area (Å²) >= 11 is 1.90. The topological polar surface area (TPSA) is 72.9 Å². The highest BCUT2D eigenvalue weighted by atomic mass is 32.1. The molecule has 0 radical (unpaired) electrons. The molecule has 6 heterocycles. The summed E-state index contributed by atoms with van der Waals surface area (Å²) in [7, 11) is 0. The van der Waals surface area contributed by atoms with E-state index in [0.29, 0.717) is 5.82 Å². The minimum absolute atomic E-state index is 0.637. The van der Waals surface area contributed by atoms with Crippen LogP contribution in [0.15, 0.2) is 357 Å². The summed E-state index contributed by atoms with van der Waals surface area (Å²) in [6.07, 6.45) is 3.78. The molecule has 15 aromatic carbocycles. The van der Waals surface area contributed by atoms with E-state index in [-0.39, 0.29) is 0 Å². The molecule has 0 N–H and O–H groups in total. The molecular weight excluding hydrogens is 1290 g/mol. The van der Waals surface area contributed by atoms with E-state index in [0.717, 1.165) is 134 Å². The summed E-state index contributed by atoms with van der Waals surface area (Å²) in [5.74, 6) is 1.41. The number of thiophene rings is 1. The summed E-state index contributed by atoms with van der Waals surface area (Å²) in [6.45, 7) is 0. The van der Waals surface area contributed by atoms with Crippen molar-refractivity contribution in [1.82, 2.24) is 24.5 Å². The van der Waals surface area contributed by atoms with Crippen LogP contribution in [0, 0.1) is 0 Å². The quantitative estimate of drug-likeness (QED) is 0.120. The van der Waals surface area contributed by atoms with E-state index in [1.807, 2.05) is 72.3 Å². The number of pyridine rings is 2. The zero-order chi connectivity index (χ0) is 68.3. The molecule has 0 bridgehead atoms. The number of rotatable bonds is 11. The van der Waals surface area contributed by atoms with E-state index in [1.54, 1.807) is 0 Å². The third kappa shape index (κ3) is 9.57. The maximum absolute atomic E-state index is 6.46. The maximum atomic E-state index is 6.46. The number of fused-ring (bicyclic) bond motifs is 20. The standard InChI is InChI=1S/C96H58N6OS/c1-4-21-59(22-5-1)69-48-46-67(56-80(69)60-23-6-2-7-24-60)101(68-47-51-87-81(57-68)74-30-16-17-37-86(74)103-87)66-44-42-61(43-45-66)70-34-20-36-85-91(70)92-77-33-15-14-32-76(77)90-79-50-49-78-73-29-11-10-27-71(73)72-28-12-13-31-75(72)89(78)94(79)104-95(90)93(92)102(85)88-55-65(52-54-98-88)84-58-83(99-96(100-84)64-25-8-3-9-26-64)63-40-38-62(39-41-63)82-35-18-19-53-97-82/h1-58H. The highest BCUT2D eigenvalue weighted by Gasteiger charge is 2.27. The Morgan fingerprint density at radius 3 is 1.52 bits per heavy atom. The molecule has 7 nitrogen and oxygen atoms in total. The molecule has 0 unspecified atom stereocenters. The van der Waals surface area contributed by atoms with Crippen molar-refractivity contribution in [2.75, 3.05) is 4.90 Å². The van der Waals surface area contributed by atoms with Gasteiger partial charge in [0.1, 0.15) is 17.0 Å². The normalized spacial score (nSPS) is 11.8. The van der Waals surface area contributed by atoms with Crippen LogP contribution in [-0.2, 0) is 0 Å². The fraction of sp³-hybridized carbons (Fsp3) is 0. The molecule has 0 saturated carbocycles. The molecule has 0 atom stereocenters. The Morgan fingerprint density at radius 2 is 0.808 bits per heavy atom. The summed E-state index contributed by atoms with van der Waals surface area (Å²) in [5.41, 5.74) is 20.1. The van der Waals surface area contributed by atoms with Gasteiger partial charge in [-0.05, 0) is 156 Å². The number of benzene rings is 15. The van der Waals surface area contributed by atoms with E-state index in [9.17, 15) is 0 Å². The molecule has 0 aliphatic carbocycles. The minimum Gasteiger partial charge on any atom is -0.456 e. The zero-order valence-electron chi connectivity index (χ0n) is 56.0. The molecular formula is C96H58N6OS. The molecule has 484 valence electrons. The number of hydrogen-bond acceptors (Lipinski definition) is 7. The minimum atomic E-state index is 0.637. The second-order valence-corrected chi connectivity index (χ2v) is 27.7. The Kier molecular flexibility index (Phi) is 13.7. The SMILES string of the molecule is c1ccc(-c2nc(-c3ccc(-c4ccccn4)cc3)cc(-c3ccnc(-n4c5cccc(-c6ccc(N(c7ccc(-c8ccccc8)c(-c8ccccc8)c7)c7ccc8oc9ccccc9c8c7)cc6)c5c5c6ccccc6c6c7ccc8c9ccccc9c9ccccc9c8c7sc6c54)c3)n2)cc1. The fourth-order valence-electron chi connectivity index (χ4n) is 16.2. The second kappa shape index (κ2) is 24.0. The highest BCUT2D eigenvalue weighted by Crippen LogP contribution is 2.53. The Labute approximate surface area is 601 Å². The van der Waals surface area contributed by atoms with Crippen LogP contribution in [0.1, 0.15) is 0 Å². The molecule has 8 heteroatoms. The Balaban J connectivity index is 0.800. The fourth-order valence-corrected chi connectivity index (χ4v) is 17.6. The Morgan fingerprint density at radius 1 is 0.279 bits per heavy atom. The van der Waals surface area contributed by atoms with Crippen LogP contribution in [0.5, 0.6) is 0 Å². The Hall–Kier alpha value is -13.7. The smallest absolute Gasteiger partial charge is 0.160 e. The maximum Gasteiger partial charge on any atom is 0.160 e. The lowest BCUT2D eigenvalue weighted by atomic mass is 9.92. The van der Waals surface area contributed by atoms with Crippen LogP contribution < -0.4 is 4.90 Å². The molecule has 0 saturated heterocycles. The average molecular weight is 1340 g/mol. The van der Waals surface area contributed by atoms with Crippen molar-refractivity contribution in [3.63, 3.8) is 0 Å². The van der Waals surface area contributed by atoms with E-state index in [2.05, 4.69) is 306 Å². The molecule has 6 aromatic heterocycles. The van der Waals surface area contributed by atoms with Crippen molar-refractivity contribution < 1.29 is 4.42 Å². The molecule has 104 heavy (non-hydrogen) atoms. The van der Waals surface area contributed by atoms with Gasteiger partial charge in [0.2, 0.25) is 0 Å². The van der Waals surface area contributed by atoms with Gasteiger partial charge in [-0.3, -0.25) is 9.55 Å². The van der Waals surface area contributed by atoms with Gasteiger partial charge in [0, 0.05) is 94.1 Å². The highest BCUT2D eigenvalue weighted by molar-refractivity contribution is 7.28. The van der Waals surface area contributed by atoms with E-state index in [4.69, 9.17) is 19.4 Å². The van der Waals surface area contributed by atoms with Crippen LogP contribution >= 0.6 is 11.3 Å². The first-order chi connectivity index (χ1) is 51.6. The predicted molar refractivity (Wildman–Crippen MR) is 435 cm³/mol. The van der Waals surface area contributed by atoms with Gasteiger partial charge >= 0.3 is 0 Å². The van der Waals surface area contributed by atoms with Crippen LogP contribution in [0.2, 0.25) is 0 Å². The monoisotopic (exact) mass is 1340 g/mol. The number of para-hydroxylation sites is 1. The van der Waals surface area contributed by atoms with E-state index >= 15 is 0 Å². The third-order valence-corrected chi connectivity index (χ3v) is 22.1. The predicted octanol–water partition coefficient (Wildman–Crippen LogP) is 26.4. The van der Waals surface area contributed by atoms with Gasteiger partial charge < -0.3 is 9.32 Å². The van der Waals surface area contributed by atoms with Gasteiger partial charge in [-0.1, -0.05) is 255 Å². The molecule has 0 fully saturated rings. The van der Waals surface area contributed by atoms with E-state index in [1.165, 1.54) is 68.6 Å². The number of hydrogen-bond donors (Lipinski definition) is 0. The van der Waals surface area contributed by atoms with Crippen molar-refractivity contribution in [3.8, 4) is 84.4 Å². The average Bonchev–Trinajstić information content (AvgIpc) is 1.52. The number of furan rings is 1. The number of aromatic nitrogens is 5. The first-order valence-corrected chi connectivity index (χ1v) is 36.0. The first-order valence-electron chi connectivity index (χ1n) is 35.1. The molecule has 0 amide bonds. The van der Waals surface area contributed by atoms with Gasteiger partial charge in [0.25, 0.3) is 0 Å². The largest absolute Gasteiger partial charge is 0.456 e. The molecule has 21 rings (SSSR count). The van der Waals surface area contributed by atoms with Gasteiger partial charge in [-0.2, -0.15) is 0 Å². The van der Waals surface area contributed by atoms with Crippen molar-refractivity contribution >= 4 is 135 Å². The number of nitrogens with zero attached hydrogens (tertiary/aromatic N) is 6. The lowest BCUT2D eigenvalue weighted by Gasteiger charge is -2.27. The molecule has 0 aliphatic heterocycles. The van der Waals surface area contributed by atoms with Crippen LogP contribution in [0.4, 0.5) is 17.1 Å². The third-order valence-electron chi connectivity index (χ3n) is 20.9. The van der Waals surface area contributed by atoms with Crippen molar-refractivity contribution in [1.29, 1.82) is 0 Å². The van der Waals surface area contributed by atoms with Crippen molar-refractivity contribution in [2.24, 2.45) is 0 Å². The molecule has 0 aliphatic rings. The van der Waals surface area contributed by atoms with Crippen LogP contribution in [-0.4, -0.2) is 24.5 Å². The zero-order valence-corrected chi connectivity index (χ0v) is 56.8. The second-order valence-electron chi connectivity index (χ2n) is 26.7. The summed E-state index contributed by atoms with van der Waals surface area (Å²) < 4.78 is 11.4. The molecule has 0 spiro atoms. The van der Waals surface area contributed by atoms with Gasteiger partial charge in [-0.25, -0.2) is 15.0 Å². The van der Waals surface area contributed by atoms with Crippen LogP contribution in [0.25, 0.3) is 191 Å². The molecule has 21 aromatic rings. The summed E-state index contributed by atoms with van der Waals surface area (Å²) in [4.78, 5) is 23.2. The van der Waals surface area contributed by atoms with Gasteiger partial charge in [0.05, 0.1) is 32.8 Å². The lowest BCUT2D eigenvalue weighted by molar-refractivity contribution is 0.669. The van der Waals surface area contributed by atoms with Gasteiger partial charge in [-0.15, -0.1) is 11.3 Å². The van der Waals surface area contributed by atoms with Crippen molar-refractivity contribution in [3.05, 3.63) is 352 Å². The Bertz CT molecular complexity index is 6980.